The Morgan fingerprint density at radius 1 is 0.293 bits per heavy atom. The van der Waals surface area contributed by atoms with E-state index in [1.54, 1.807) is 0 Å². The van der Waals surface area contributed by atoms with E-state index in [0.29, 0.717) is 0 Å². The molecule has 0 fully saturated rings. The van der Waals surface area contributed by atoms with Crippen LogP contribution >= 0.6 is 0 Å². The van der Waals surface area contributed by atoms with E-state index in [0.717, 1.165) is 52.4 Å². The summed E-state index contributed by atoms with van der Waals surface area (Å²) in [6.07, 6.45) is 0. The third-order valence-corrected chi connectivity index (χ3v) is 17.0. The highest BCUT2D eigenvalue weighted by Gasteiger charge is 2.38. The lowest BCUT2D eigenvalue weighted by atomic mass is 9.86. The van der Waals surface area contributed by atoms with Crippen molar-refractivity contribution in [1.29, 1.82) is 0 Å². The number of rotatable bonds is 20. The SMILES string of the molecule is CCN(CC)c1ccc(/C(=C2/C(c3ccccc3)=[N+](C)c3ccccc32)c2ccc(N(CC)Cc3ccc(CN(CC)c4ccc(/C(=C5/C(c6ccccc6)=[N+](C)c6ccccc65)c5ccc(N(CC)CC)cc5)cc4)cc3)cc2)cc1. The van der Waals surface area contributed by atoms with Gasteiger partial charge in [-0.05, 0) is 160 Å². The van der Waals surface area contributed by atoms with Gasteiger partial charge in [-0.25, -0.2) is 0 Å². The van der Waals surface area contributed by atoms with Crippen LogP contribution in [0.25, 0.3) is 22.3 Å². The molecule has 0 N–H and O–H groups in total. The highest BCUT2D eigenvalue weighted by molar-refractivity contribution is 6.39. The maximum absolute atomic E-state index is 2.48. The zero-order chi connectivity index (χ0) is 56.7. The molecule has 11 rings (SSSR count). The molecule has 2 aliphatic rings. The summed E-state index contributed by atoms with van der Waals surface area (Å²) in [6.45, 7) is 20.7. The number of nitrogens with zero attached hydrogens (tertiary/aromatic N) is 6. The minimum Gasteiger partial charge on any atom is -0.372 e. The Kier molecular flexibility index (Phi) is 16.6. The van der Waals surface area contributed by atoms with Crippen LogP contribution in [0.2, 0.25) is 0 Å². The molecule has 0 atom stereocenters. The summed E-state index contributed by atoms with van der Waals surface area (Å²) in [5.74, 6) is 0. The number of allylic oxidation sites excluding steroid dienone is 2. The highest BCUT2D eigenvalue weighted by Crippen LogP contribution is 2.45. The molecule has 82 heavy (non-hydrogen) atoms. The zero-order valence-electron chi connectivity index (χ0n) is 49.3. The first-order valence-electron chi connectivity index (χ1n) is 29.7. The molecule has 0 radical (unpaired) electrons. The van der Waals surface area contributed by atoms with E-state index in [-0.39, 0.29) is 0 Å². The molecule has 0 saturated heterocycles. The average molecular weight is 1080 g/mol. The van der Waals surface area contributed by atoms with E-state index in [4.69, 9.17) is 0 Å². The average Bonchev–Trinajstić information content (AvgIpc) is 3.69. The standard InChI is InChI=1S/C76H78N6/c1-9-79(10-2)63-45-37-57(38-46-63)71(73-67-29-21-23-31-69(67)77(7)75(73)61-25-17-15-18-26-61)59-41-49-65(50-42-59)81(13-5)53-55-33-35-56(36-34-55)54-82(14-6)66-51-43-60(44-52-66)72(58-39-47-64(48-40-58)80(11-3)12-4)74-68-30-22-24-32-70(68)78(8)76(74)62-27-19-16-20-28-62/h15-52H,9-14,53-54H2,1-8H3/q+2. The minimum absolute atomic E-state index is 0.819. The maximum Gasteiger partial charge on any atom is 0.221 e. The van der Waals surface area contributed by atoms with Crippen LogP contribution in [-0.4, -0.2) is 73.9 Å². The van der Waals surface area contributed by atoms with E-state index >= 15 is 0 Å². The van der Waals surface area contributed by atoms with Crippen LogP contribution in [-0.2, 0) is 13.1 Å². The Morgan fingerprint density at radius 2 is 0.561 bits per heavy atom. The van der Waals surface area contributed by atoms with Gasteiger partial charge in [0.15, 0.2) is 0 Å². The van der Waals surface area contributed by atoms with Crippen molar-refractivity contribution in [2.45, 2.75) is 54.6 Å². The lowest BCUT2D eigenvalue weighted by Crippen LogP contribution is -2.23. The van der Waals surface area contributed by atoms with Crippen LogP contribution in [0.4, 0.5) is 34.1 Å². The number of hydrogen-bond acceptors (Lipinski definition) is 4. The van der Waals surface area contributed by atoms with Crippen molar-refractivity contribution in [3.8, 4) is 0 Å². The predicted octanol–water partition coefficient (Wildman–Crippen LogP) is 16.9. The van der Waals surface area contributed by atoms with Crippen molar-refractivity contribution in [2.75, 3.05) is 73.0 Å². The first kappa shape index (κ1) is 54.9. The number of benzene rings is 9. The summed E-state index contributed by atoms with van der Waals surface area (Å²) in [5, 5.41) is 0. The van der Waals surface area contributed by atoms with Gasteiger partial charge in [-0.3, -0.25) is 0 Å². The Bertz CT molecular complexity index is 3540. The summed E-state index contributed by atoms with van der Waals surface area (Å²) in [6, 6.07) is 85.9. The molecule has 9 aromatic carbocycles. The minimum atomic E-state index is 0.819. The van der Waals surface area contributed by atoms with Gasteiger partial charge in [0.2, 0.25) is 22.8 Å². The summed E-state index contributed by atoms with van der Waals surface area (Å²) in [5.41, 5.74) is 27.1. The maximum atomic E-state index is 2.48. The lowest BCUT2D eigenvalue weighted by molar-refractivity contribution is -0.400. The van der Waals surface area contributed by atoms with Crippen molar-refractivity contribution in [1.82, 2.24) is 0 Å². The van der Waals surface area contributed by atoms with E-state index in [2.05, 4.69) is 315 Å². The van der Waals surface area contributed by atoms with Gasteiger partial charge in [0.05, 0.1) is 22.3 Å². The number of fused-ring (bicyclic) bond motifs is 2. The van der Waals surface area contributed by atoms with E-state index in [1.807, 2.05) is 0 Å². The summed E-state index contributed by atoms with van der Waals surface area (Å²) in [4.78, 5) is 9.79. The van der Waals surface area contributed by atoms with Gasteiger partial charge in [0.25, 0.3) is 0 Å². The second kappa shape index (κ2) is 24.8. The molecule has 9 aromatic rings. The molecule has 6 heteroatoms. The molecule has 0 amide bonds. The molecule has 6 nitrogen and oxygen atoms in total. The normalized spacial score (nSPS) is 14.0. The fourth-order valence-corrected chi connectivity index (χ4v) is 12.6. The summed E-state index contributed by atoms with van der Waals surface area (Å²) >= 11 is 0. The molecule has 0 spiro atoms. The lowest BCUT2D eigenvalue weighted by Gasteiger charge is -2.25. The smallest absolute Gasteiger partial charge is 0.221 e. The quantitative estimate of drug-likeness (QED) is 0.0708. The molecule has 410 valence electrons. The van der Waals surface area contributed by atoms with Crippen LogP contribution in [0.1, 0.15) is 97.2 Å². The second-order valence-corrected chi connectivity index (χ2v) is 21.5. The molecule has 0 aliphatic carbocycles. The summed E-state index contributed by atoms with van der Waals surface area (Å²) in [7, 11) is 4.42. The largest absolute Gasteiger partial charge is 0.372 e. The Hall–Kier alpha value is -9.00. The summed E-state index contributed by atoms with van der Waals surface area (Å²) < 4.78 is 4.75. The molecular weight excluding hydrogens is 997 g/mol. The molecule has 0 unspecified atom stereocenters. The van der Waals surface area contributed by atoms with Crippen LogP contribution in [0, 0.1) is 0 Å². The topological polar surface area (TPSA) is 19.0 Å². The van der Waals surface area contributed by atoms with Gasteiger partial charge in [-0.15, -0.1) is 0 Å². The van der Waals surface area contributed by atoms with Crippen molar-refractivity contribution in [2.24, 2.45) is 0 Å². The van der Waals surface area contributed by atoms with E-state index in [9.17, 15) is 0 Å². The predicted molar refractivity (Wildman–Crippen MR) is 350 cm³/mol. The van der Waals surface area contributed by atoms with Crippen LogP contribution in [0.3, 0.4) is 0 Å². The highest BCUT2D eigenvalue weighted by atomic mass is 15.1. The molecule has 2 aliphatic heterocycles. The monoisotopic (exact) mass is 1070 g/mol. The van der Waals surface area contributed by atoms with Crippen molar-refractivity contribution in [3.63, 3.8) is 0 Å². The Balaban J connectivity index is 0.860. The molecular formula is C76H78N6+2. The third kappa shape index (κ3) is 10.9. The van der Waals surface area contributed by atoms with Crippen LogP contribution in [0.15, 0.2) is 231 Å². The molecule has 2 heterocycles. The van der Waals surface area contributed by atoms with Gasteiger partial charge in [0, 0.05) is 110 Å². The van der Waals surface area contributed by atoms with Gasteiger partial charge in [-0.2, -0.15) is 9.15 Å². The zero-order valence-corrected chi connectivity index (χ0v) is 49.3. The first-order valence-corrected chi connectivity index (χ1v) is 29.7. The molecule has 0 aromatic heterocycles. The number of anilines is 4. The fraction of sp³-hybridized carbons (Fsp3) is 0.211. The van der Waals surface area contributed by atoms with Crippen molar-refractivity contribution < 1.29 is 9.15 Å². The van der Waals surface area contributed by atoms with Crippen LogP contribution < -0.4 is 19.6 Å². The fourth-order valence-electron chi connectivity index (χ4n) is 12.6. The van der Waals surface area contributed by atoms with Gasteiger partial charge < -0.3 is 19.6 Å². The Morgan fingerprint density at radius 3 is 0.854 bits per heavy atom. The van der Waals surface area contributed by atoms with Crippen molar-refractivity contribution in [3.05, 3.63) is 286 Å². The van der Waals surface area contributed by atoms with Crippen molar-refractivity contribution >= 4 is 67.8 Å². The van der Waals surface area contributed by atoms with Gasteiger partial charge in [-0.1, -0.05) is 133 Å². The number of hydrogen-bond donors (Lipinski definition) is 0. The van der Waals surface area contributed by atoms with Gasteiger partial charge >= 0.3 is 0 Å². The third-order valence-electron chi connectivity index (χ3n) is 17.0. The molecule has 0 saturated carbocycles. The van der Waals surface area contributed by atoms with E-state index in [1.165, 1.54) is 123 Å². The molecule has 0 bridgehead atoms. The number of para-hydroxylation sites is 2. The first-order chi connectivity index (χ1) is 40.2. The second-order valence-electron chi connectivity index (χ2n) is 21.5. The van der Waals surface area contributed by atoms with Gasteiger partial charge in [0.1, 0.15) is 14.1 Å². The van der Waals surface area contributed by atoms with E-state index < -0.39 is 0 Å². The Labute approximate surface area is 488 Å². The van der Waals surface area contributed by atoms with Crippen LogP contribution in [0.5, 0.6) is 0 Å².